The van der Waals surface area contributed by atoms with E-state index in [1.165, 1.54) is 51.8 Å². The highest BCUT2D eigenvalue weighted by Gasteiger charge is 2.20. The molecule has 0 radical (unpaired) electrons. The monoisotopic (exact) mass is 474 g/mol. The maximum Gasteiger partial charge on any atom is 0.280 e. The van der Waals surface area contributed by atoms with Crippen LogP contribution in [0.5, 0.6) is 23.0 Å². The summed E-state index contributed by atoms with van der Waals surface area (Å²) in [7, 11) is 0.266. The number of sulfonamides is 1. The van der Waals surface area contributed by atoms with E-state index in [0.29, 0.717) is 28.4 Å². The lowest BCUT2D eigenvalue weighted by Gasteiger charge is -2.12. The lowest BCUT2D eigenvalue weighted by atomic mass is 10.2. The van der Waals surface area contributed by atoms with E-state index in [1.807, 2.05) is 0 Å². The maximum absolute atomic E-state index is 13.3. The Morgan fingerprint density at radius 3 is 2.36 bits per heavy atom. The largest absolute Gasteiger partial charge is 0.497 e. The minimum Gasteiger partial charge on any atom is -0.497 e. The van der Waals surface area contributed by atoms with Crippen LogP contribution in [0.15, 0.2) is 70.7 Å². The van der Waals surface area contributed by atoms with Gasteiger partial charge in [-0.3, -0.25) is 0 Å². The molecule has 0 atom stereocenters. The summed E-state index contributed by atoms with van der Waals surface area (Å²) < 4.78 is 59.9. The van der Waals surface area contributed by atoms with Gasteiger partial charge >= 0.3 is 0 Å². The van der Waals surface area contributed by atoms with Gasteiger partial charge in [0.25, 0.3) is 10.0 Å². The van der Waals surface area contributed by atoms with Gasteiger partial charge in [0.15, 0.2) is 11.5 Å². The van der Waals surface area contributed by atoms with Crippen LogP contribution < -0.4 is 23.8 Å². The lowest BCUT2D eigenvalue weighted by Crippen LogP contribution is -2.19. The van der Waals surface area contributed by atoms with E-state index in [1.54, 1.807) is 36.4 Å². The first-order valence-electron chi connectivity index (χ1n) is 9.68. The number of nitrogens with zero attached hydrogens (tertiary/aromatic N) is 1. The number of ether oxygens (including phenoxy) is 4. The van der Waals surface area contributed by atoms with Crippen LogP contribution in [0.25, 0.3) is 0 Å². The fraction of sp³-hybridized carbons (Fsp3) is 0.174. The van der Waals surface area contributed by atoms with Crippen molar-refractivity contribution in [3.8, 4) is 23.0 Å². The highest BCUT2D eigenvalue weighted by Crippen LogP contribution is 2.29. The van der Waals surface area contributed by atoms with Crippen molar-refractivity contribution in [1.29, 1.82) is 0 Å². The highest BCUT2D eigenvalue weighted by molar-refractivity contribution is 7.89. The molecule has 174 valence electrons. The zero-order chi connectivity index (χ0) is 23.8. The summed E-state index contributed by atoms with van der Waals surface area (Å²) in [6.45, 7) is 0.156. The van der Waals surface area contributed by atoms with Crippen molar-refractivity contribution in [1.82, 2.24) is 4.83 Å². The Balaban J connectivity index is 1.72. The molecular weight excluding hydrogens is 451 g/mol. The molecule has 1 N–H and O–H groups in total. The minimum atomic E-state index is -4.01. The van der Waals surface area contributed by atoms with Gasteiger partial charge in [-0.25, -0.2) is 4.39 Å². The molecule has 10 heteroatoms. The van der Waals surface area contributed by atoms with E-state index in [9.17, 15) is 12.8 Å². The van der Waals surface area contributed by atoms with Crippen molar-refractivity contribution < 1.29 is 31.8 Å². The predicted molar refractivity (Wildman–Crippen MR) is 121 cm³/mol. The zero-order valence-electron chi connectivity index (χ0n) is 18.2. The fourth-order valence-corrected chi connectivity index (χ4v) is 3.86. The topological polar surface area (TPSA) is 95.5 Å². The van der Waals surface area contributed by atoms with Crippen molar-refractivity contribution in [2.45, 2.75) is 11.5 Å². The predicted octanol–water partition coefficient (Wildman–Crippen LogP) is 3.74. The third-order valence-corrected chi connectivity index (χ3v) is 5.76. The maximum atomic E-state index is 13.3. The van der Waals surface area contributed by atoms with Crippen LogP contribution in [0, 0.1) is 5.82 Å². The summed E-state index contributed by atoms with van der Waals surface area (Å²) in [5.74, 6) is 1.02. The Morgan fingerprint density at radius 2 is 1.67 bits per heavy atom. The van der Waals surface area contributed by atoms with Gasteiger partial charge < -0.3 is 18.9 Å². The molecule has 0 fully saturated rings. The van der Waals surface area contributed by atoms with Gasteiger partial charge in [-0.15, -0.1) is 0 Å². The first-order chi connectivity index (χ1) is 15.9. The molecule has 8 nitrogen and oxygen atoms in total. The van der Waals surface area contributed by atoms with Gasteiger partial charge in [0.2, 0.25) is 0 Å². The first-order valence-corrected chi connectivity index (χ1v) is 11.2. The molecule has 0 aliphatic carbocycles. The van der Waals surface area contributed by atoms with Crippen molar-refractivity contribution in [2.75, 3.05) is 21.3 Å². The number of hydrazone groups is 1. The molecule has 0 bridgehead atoms. The van der Waals surface area contributed by atoms with E-state index in [2.05, 4.69) is 9.93 Å². The van der Waals surface area contributed by atoms with E-state index >= 15 is 0 Å². The van der Waals surface area contributed by atoms with E-state index in [-0.39, 0.29) is 23.1 Å². The van der Waals surface area contributed by atoms with E-state index < -0.39 is 10.0 Å². The van der Waals surface area contributed by atoms with Gasteiger partial charge in [-0.2, -0.15) is 18.4 Å². The summed E-state index contributed by atoms with van der Waals surface area (Å²) in [6, 6.07) is 15.5. The van der Waals surface area contributed by atoms with Crippen molar-refractivity contribution in [3.63, 3.8) is 0 Å². The number of nitrogens with one attached hydrogen (secondary N) is 1. The molecule has 0 unspecified atom stereocenters. The molecule has 0 aliphatic rings. The minimum absolute atomic E-state index is 0.111. The van der Waals surface area contributed by atoms with Gasteiger partial charge in [0, 0.05) is 6.07 Å². The Morgan fingerprint density at radius 1 is 0.909 bits per heavy atom. The SMILES string of the molecule is COc1ccc(OC)c(S(=O)(=O)NN=Cc2ccc(OCc3cccc(F)c3)c(OC)c2)c1. The number of benzene rings is 3. The van der Waals surface area contributed by atoms with Gasteiger partial charge in [0.1, 0.15) is 28.8 Å². The molecule has 0 amide bonds. The van der Waals surface area contributed by atoms with Crippen LogP contribution in [0.4, 0.5) is 4.39 Å². The summed E-state index contributed by atoms with van der Waals surface area (Å²) >= 11 is 0. The normalized spacial score (nSPS) is 11.3. The molecule has 0 aliphatic heterocycles. The molecule has 3 aromatic carbocycles. The molecule has 3 rings (SSSR count). The quantitative estimate of drug-likeness (QED) is 0.355. The van der Waals surface area contributed by atoms with Crippen LogP contribution in [-0.4, -0.2) is 36.0 Å². The number of hydrogen-bond donors (Lipinski definition) is 1. The second-order valence-corrected chi connectivity index (χ2v) is 8.33. The van der Waals surface area contributed by atoms with Crippen LogP contribution in [-0.2, 0) is 16.6 Å². The standard InChI is InChI=1S/C23H23FN2O6S/c1-29-19-8-10-21(30-2)23(13-19)33(27,28)26-25-14-16-7-9-20(22(12-16)31-3)32-15-17-5-4-6-18(24)11-17/h4-14,26H,15H2,1-3H3. The first kappa shape index (κ1) is 23.9. The van der Waals surface area contributed by atoms with Crippen molar-refractivity contribution in [2.24, 2.45) is 5.10 Å². The molecule has 0 aromatic heterocycles. The van der Waals surface area contributed by atoms with Crippen LogP contribution >= 0.6 is 0 Å². The summed E-state index contributed by atoms with van der Waals surface area (Å²) in [6.07, 6.45) is 1.32. The smallest absolute Gasteiger partial charge is 0.280 e. The summed E-state index contributed by atoms with van der Waals surface area (Å²) in [4.78, 5) is 2.04. The molecule has 33 heavy (non-hydrogen) atoms. The Kier molecular flexibility index (Phi) is 7.73. The third kappa shape index (κ3) is 6.13. The van der Waals surface area contributed by atoms with Gasteiger partial charge in [-0.1, -0.05) is 12.1 Å². The highest BCUT2D eigenvalue weighted by atomic mass is 32.2. The lowest BCUT2D eigenvalue weighted by molar-refractivity contribution is 0.284. The summed E-state index contributed by atoms with van der Waals surface area (Å²) in [5, 5.41) is 3.83. The molecule has 0 saturated carbocycles. The Labute approximate surface area is 191 Å². The molecule has 0 saturated heterocycles. The third-order valence-electron chi connectivity index (χ3n) is 4.52. The number of halogens is 1. The molecule has 0 heterocycles. The fourth-order valence-electron chi connectivity index (χ4n) is 2.89. The average Bonchev–Trinajstić information content (AvgIpc) is 2.82. The van der Waals surface area contributed by atoms with Crippen molar-refractivity contribution in [3.05, 3.63) is 77.6 Å². The number of hydrogen-bond acceptors (Lipinski definition) is 7. The molecule has 3 aromatic rings. The van der Waals surface area contributed by atoms with Gasteiger partial charge in [-0.05, 0) is 53.6 Å². The Bertz CT molecular complexity index is 1250. The van der Waals surface area contributed by atoms with E-state index in [0.717, 1.165) is 0 Å². The van der Waals surface area contributed by atoms with Crippen LogP contribution in [0.1, 0.15) is 11.1 Å². The second-order valence-electron chi connectivity index (χ2n) is 6.70. The van der Waals surface area contributed by atoms with E-state index in [4.69, 9.17) is 18.9 Å². The summed E-state index contributed by atoms with van der Waals surface area (Å²) in [5.41, 5.74) is 1.23. The zero-order valence-corrected chi connectivity index (χ0v) is 19.1. The molecule has 0 spiro atoms. The number of methoxy groups -OCH3 is 3. The molecular formula is C23H23FN2O6S. The second kappa shape index (κ2) is 10.7. The Hall–Kier alpha value is -3.79. The number of rotatable bonds is 10. The van der Waals surface area contributed by atoms with Crippen LogP contribution in [0.3, 0.4) is 0 Å². The van der Waals surface area contributed by atoms with Gasteiger partial charge in [0.05, 0.1) is 27.5 Å². The average molecular weight is 475 g/mol. The van der Waals surface area contributed by atoms with Crippen LogP contribution in [0.2, 0.25) is 0 Å². The van der Waals surface area contributed by atoms with Crippen molar-refractivity contribution >= 4 is 16.2 Å².